The molecule has 3 rings (SSSR count). The van der Waals surface area contributed by atoms with E-state index in [-0.39, 0.29) is 5.91 Å². The van der Waals surface area contributed by atoms with Crippen molar-refractivity contribution in [1.82, 2.24) is 9.97 Å². The van der Waals surface area contributed by atoms with Crippen LogP contribution >= 0.6 is 0 Å². The highest BCUT2D eigenvalue weighted by atomic mass is 16.1. The number of rotatable bonds is 5. The van der Waals surface area contributed by atoms with Gasteiger partial charge in [0.25, 0.3) is 0 Å². The Labute approximate surface area is 135 Å². The van der Waals surface area contributed by atoms with Gasteiger partial charge in [0, 0.05) is 17.7 Å². The number of hydrogen-bond donors (Lipinski definition) is 2. The first-order chi connectivity index (χ1) is 11.2. The third-order valence-electron chi connectivity index (χ3n) is 3.72. The summed E-state index contributed by atoms with van der Waals surface area (Å²) in [6, 6.07) is 16.0. The summed E-state index contributed by atoms with van der Waals surface area (Å²) in [4.78, 5) is 19.2. The van der Waals surface area contributed by atoms with Crippen molar-refractivity contribution in [3.8, 4) is 11.3 Å². The van der Waals surface area contributed by atoms with Gasteiger partial charge in [-0.1, -0.05) is 42.0 Å². The van der Waals surface area contributed by atoms with Gasteiger partial charge in [-0.05, 0) is 31.0 Å². The number of aromatic nitrogens is 2. The van der Waals surface area contributed by atoms with E-state index in [1.165, 1.54) is 11.1 Å². The number of benzene rings is 2. The summed E-state index contributed by atoms with van der Waals surface area (Å²) in [5, 5.41) is 2.95. The zero-order valence-corrected chi connectivity index (χ0v) is 13.0. The molecule has 0 unspecified atom stereocenters. The van der Waals surface area contributed by atoms with E-state index in [0.29, 0.717) is 6.42 Å². The van der Waals surface area contributed by atoms with E-state index >= 15 is 0 Å². The fourth-order valence-corrected chi connectivity index (χ4v) is 2.41. The van der Waals surface area contributed by atoms with Gasteiger partial charge in [-0.3, -0.25) is 4.79 Å². The smallest absolute Gasteiger partial charge is 0.224 e. The van der Waals surface area contributed by atoms with Gasteiger partial charge < -0.3 is 10.3 Å². The molecule has 23 heavy (non-hydrogen) atoms. The summed E-state index contributed by atoms with van der Waals surface area (Å²) in [5.74, 6) is 0.0207. The molecule has 116 valence electrons. The standard InChI is InChI=1S/C19H19N3O/c1-14-5-7-15(8-6-14)9-10-19(23)22-17-4-2-3-16(11-17)18-12-20-13-21-18/h2-8,11-13H,9-10H2,1H3,(H,20,21)(H,22,23). The number of nitrogens with zero attached hydrogens (tertiary/aromatic N) is 1. The molecule has 0 fully saturated rings. The van der Waals surface area contributed by atoms with Crippen LogP contribution in [0, 0.1) is 6.92 Å². The van der Waals surface area contributed by atoms with Crippen molar-refractivity contribution in [2.24, 2.45) is 0 Å². The first-order valence-electron chi connectivity index (χ1n) is 7.65. The van der Waals surface area contributed by atoms with E-state index in [4.69, 9.17) is 0 Å². The fourth-order valence-electron chi connectivity index (χ4n) is 2.41. The van der Waals surface area contributed by atoms with Crippen LogP contribution in [0.15, 0.2) is 61.1 Å². The Morgan fingerprint density at radius 3 is 2.74 bits per heavy atom. The molecule has 2 aromatic carbocycles. The number of aryl methyl sites for hydroxylation is 2. The summed E-state index contributed by atoms with van der Waals surface area (Å²) < 4.78 is 0. The molecule has 1 aromatic heterocycles. The number of hydrogen-bond acceptors (Lipinski definition) is 2. The predicted octanol–water partition coefficient (Wildman–Crippen LogP) is 3.96. The SMILES string of the molecule is Cc1ccc(CCC(=O)Nc2cccc(-c3cnc[nH]3)c2)cc1. The first kappa shape index (κ1) is 15.0. The van der Waals surface area contributed by atoms with Crippen molar-refractivity contribution in [3.05, 3.63) is 72.2 Å². The molecule has 4 nitrogen and oxygen atoms in total. The van der Waals surface area contributed by atoms with Crippen LogP contribution in [-0.2, 0) is 11.2 Å². The molecule has 0 aliphatic heterocycles. The van der Waals surface area contributed by atoms with Crippen LogP contribution in [0.5, 0.6) is 0 Å². The molecule has 0 radical (unpaired) electrons. The molecule has 0 atom stereocenters. The van der Waals surface area contributed by atoms with Crippen molar-refractivity contribution in [3.63, 3.8) is 0 Å². The normalized spacial score (nSPS) is 10.5. The number of carbonyl (C=O) groups is 1. The third-order valence-corrected chi connectivity index (χ3v) is 3.72. The lowest BCUT2D eigenvalue weighted by atomic mass is 10.1. The lowest BCUT2D eigenvalue weighted by Crippen LogP contribution is -2.12. The second-order valence-electron chi connectivity index (χ2n) is 5.58. The van der Waals surface area contributed by atoms with Gasteiger partial charge in [-0.25, -0.2) is 4.98 Å². The number of nitrogens with one attached hydrogen (secondary N) is 2. The molecule has 2 N–H and O–H groups in total. The van der Waals surface area contributed by atoms with Crippen molar-refractivity contribution in [2.45, 2.75) is 19.8 Å². The maximum Gasteiger partial charge on any atom is 0.224 e. The van der Waals surface area contributed by atoms with E-state index in [1.807, 2.05) is 24.3 Å². The molecule has 1 heterocycles. The molecule has 0 aliphatic rings. The minimum Gasteiger partial charge on any atom is -0.345 e. The molecule has 0 spiro atoms. The Morgan fingerprint density at radius 1 is 1.17 bits per heavy atom. The maximum absolute atomic E-state index is 12.1. The van der Waals surface area contributed by atoms with Gasteiger partial charge in [0.15, 0.2) is 0 Å². The minimum atomic E-state index is 0.0207. The Bertz CT molecular complexity index is 777. The van der Waals surface area contributed by atoms with Crippen LogP contribution in [0.2, 0.25) is 0 Å². The summed E-state index contributed by atoms with van der Waals surface area (Å²) >= 11 is 0. The zero-order valence-electron chi connectivity index (χ0n) is 13.0. The van der Waals surface area contributed by atoms with Crippen LogP contribution in [0.1, 0.15) is 17.5 Å². The van der Waals surface area contributed by atoms with E-state index in [2.05, 4.69) is 46.5 Å². The molecule has 0 aliphatic carbocycles. The maximum atomic E-state index is 12.1. The van der Waals surface area contributed by atoms with E-state index in [0.717, 1.165) is 23.4 Å². The topological polar surface area (TPSA) is 57.8 Å². The predicted molar refractivity (Wildman–Crippen MR) is 92.2 cm³/mol. The number of aromatic amines is 1. The van der Waals surface area contributed by atoms with Crippen molar-refractivity contribution in [1.29, 1.82) is 0 Å². The lowest BCUT2D eigenvalue weighted by Gasteiger charge is -2.07. The van der Waals surface area contributed by atoms with E-state index in [1.54, 1.807) is 12.5 Å². The van der Waals surface area contributed by atoms with Crippen molar-refractivity contribution in [2.75, 3.05) is 5.32 Å². The average molecular weight is 305 g/mol. The van der Waals surface area contributed by atoms with Crippen molar-refractivity contribution < 1.29 is 4.79 Å². The second-order valence-corrected chi connectivity index (χ2v) is 5.58. The van der Waals surface area contributed by atoms with Gasteiger partial charge in [0.05, 0.1) is 18.2 Å². The van der Waals surface area contributed by atoms with Crippen LogP contribution in [-0.4, -0.2) is 15.9 Å². The Kier molecular flexibility index (Phi) is 4.52. The quantitative estimate of drug-likeness (QED) is 0.749. The summed E-state index contributed by atoms with van der Waals surface area (Å²) in [7, 11) is 0. The molecular weight excluding hydrogens is 286 g/mol. The van der Waals surface area contributed by atoms with Gasteiger partial charge in [0.1, 0.15) is 0 Å². The van der Waals surface area contributed by atoms with E-state index in [9.17, 15) is 4.79 Å². The number of imidazole rings is 1. The molecular formula is C19H19N3O. The van der Waals surface area contributed by atoms with E-state index < -0.39 is 0 Å². The monoisotopic (exact) mass is 305 g/mol. The number of amides is 1. The lowest BCUT2D eigenvalue weighted by molar-refractivity contribution is -0.116. The van der Waals surface area contributed by atoms with Gasteiger partial charge >= 0.3 is 0 Å². The number of anilines is 1. The first-order valence-corrected chi connectivity index (χ1v) is 7.65. The third kappa shape index (κ3) is 4.07. The summed E-state index contributed by atoms with van der Waals surface area (Å²) in [6.07, 6.45) is 4.62. The van der Waals surface area contributed by atoms with Crippen LogP contribution in [0.3, 0.4) is 0 Å². The van der Waals surface area contributed by atoms with Crippen LogP contribution < -0.4 is 5.32 Å². The van der Waals surface area contributed by atoms with Gasteiger partial charge in [-0.15, -0.1) is 0 Å². The van der Waals surface area contributed by atoms with Crippen LogP contribution in [0.4, 0.5) is 5.69 Å². The molecule has 1 amide bonds. The second kappa shape index (κ2) is 6.92. The van der Waals surface area contributed by atoms with Crippen molar-refractivity contribution >= 4 is 11.6 Å². The summed E-state index contributed by atoms with van der Waals surface area (Å²) in [6.45, 7) is 2.06. The number of H-pyrrole nitrogens is 1. The molecule has 0 bridgehead atoms. The summed E-state index contributed by atoms with van der Waals surface area (Å²) in [5.41, 5.74) is 5.14. The molecule has 0 saturated heterocycles. The number of carbonyl (C=O) groups excluding carboxylic acids is 1. The highest BCUT2D eigenvalue weighted by Crippen LogP contribution is 2.20. The fraction of sp³-hybridized carbons (Fsp3) is 0.158. The molecule has 4 heteroatoms. The van der Waals surface area contributed by atoms with Gasteiger partial charge in [0.2, 0.25) is 5.91 Å². The average Bonchev–Trinajstić information content (AvgIpc) is 3.09. The zero-order chi connectivity index (χ0) is 16.1. The highest BCUT2D eigenvalue weighted by molar-refractivity contribution is 5.91. The van der Waals surface area contributed by atoms with Gasteiger partial charge in [-0.2, -0.15) is 0 Å². The molecule has 0 saturated carbocycles. The Balaban J connectivity index is 1.59. The Morgan fingerprint density at radius 2 is 2.00 bits per heavy atom. The largest absolute Gasteiger partial charge is 0.345 e. The van der Waals surface area contributed by atoms with Crippen LogP contribution in [0.25, 0.3) is 11.3 Å². The highest BCUT2D eigenvalue weighted by Gasteiger charge is 2.05. The Hall–Kier alpha value is -2.88. The minimum absolute atomic E-state index is 0.0207. The molecule has 3 aromatic rings.